The molecule has 2 aromatic carbocycles. The number of aromatic nitrogens is 1. The summed E-state index contributed by atoms with van der Waals surface area (Å²) in [7, 11) is 0. The molecule has 0 radical (unpaired) electrons. The van der Waals surface area contributed by atoms with E-state index in [4.69, 9.17) is 16.3 Å². The molecular weight excluding hydrogens is 293 g/mol. The Balaban J connectivity index is 2.07. The van der Waals surface area contributed by atoms with E-state index in [1.807, 2.05) is 18.2 Å². The Bertz CT molecular complexity index is 807. The van der Waals surface area contributed by atoms with Gasteiger partial charge in [-0.25, -0.2) is 9.37 Å². The lowest BCUT2D eigenvalue weighted by Crippen LogP contribution is -1.95. The van der Waals surface area contributed by atoms with Crippen LogP contribution in [-0.4, -0.2) is 10.1 Å². The maximum absolute atomic E-state index is 13.8. The van der Waals surface area contributed by atoms with Crippen molar-refractivity contribution in [2.24, 2.45) is 0 Å². The third-order valence-electron chi connectivity index (χ3n) is 3.08. The van der Waals surface area contributed by atoms with Crippen LogP contribution in [0.4, 0.5) is 4.39 Å². The van der Waals surface area contributed by atoms with E-state index in [0.717, 1.165) is 5.39 Å². The van der Waals surface area contributed by atoms with Gasteiger partial charge in [-0.3, -0.25) is 0 Å². The second-order valence-corrected chi connectivity index (χ2v) is 4.86. The van der Waals surface area contributed by atoms with E-state index in [9.17, 15) is 9.50 Å². The quantitative estimate of drug-likeness (QED) is 0.784. The lowest BCUT2D eigenvalue weighted by molar-refractivity contribution is 0.282. The predicted molar refractivity (Wildman–Crippen MR) is 79.1 cm³/mol. The smallest absolute Gasteiger partial charge is 0.220 e. The molecule has 0 atom stereocenters. The van der Waals surface area contributed by atoms with Crippen LogP contribution < -0.4 is 4.74 Å². The van der Waals surface area contributed by atoms with Crippen molar-refractivity contribution in [1.82, 2.24) is 4.98 Å². The van der Waals surface area contributed by atoms with Crippen LogP contribution in [0.2, 0.25) is 5.02 Å². The molecule has 0 spiro atoms. The van der Waals surface area contributed by atoms with E-state index < -0.39 is 5.82 Å². The number of aliphatic hydroxyl groups is 1. The number of hydrogen-bond acceptors (Lipinski definition) is 3. The summed E-state index contributed by atoms with van der Waals surface area (Å²) in [5.74, 6) is -0.437. The number of aliphatic hydroxyl groups excluding tert-OH is 1. The van der Waals surface area contributed by atoms with E-state index >= 15 is 0 Å². The molecule has 21 heavy (non-hydrogen) atoms. The van der Waals surface area contributed by atoms with E-state index in [1.165, 1.54) is 12.1 Å². The van der Waals surface area contributed by atoms with Gasteiger partial charge < -0.3 is 9.84 Å². The van der Waals surface area contributed by atoms with Gasteiger partial charge in [0.15, 0.2) is 11.6 Å². The molecule has 3 rings (SSSR count). The minimum Gasteiger partial charge on any atom is -0.436 e. The van der Waals surface area contributed by atoms with Gasteiger partial charge in [-0.05, 0) is 23.8 Å². The van der Waals surface area contributed by atoms with Crippen molar-refractivity contribution in [2.75, 3.05) is 0 Å². The molecule has 3 nitrogen and oxygen atoms in total. The SMILES string of the molecule is OCc1cc(Oc2cccc(Cl)c2F)nc2ccccc12. The summed E-state index contributed by atoms with van der Waals surface area (Å²) in [4.78, 5) is 4.31. The average Bonchev–Trinajstić information content (AvgIpc) is 2.51. The minimum atomic E-state index is -0.639. The lowest BCUT2D eigenvalue weighted by Gasteiger charge is -2.10. The number of para-hydroxylation sites is 1. The molecule has 0 amide bonds. The van der Waals surface area contributed by atoms with Gasteiger partial charge in [0.25, 0.3) is 0 Å². The highest BCUT2D eigenvalue weighted by atomic mass is 35.5. The van der Waals surface area contributed by atoms with Crippen molar-refractivity contribution < 1.29 is 14.2 Å². The van der Waals surface area contributed by atoms with Gasteiger partial charge in [0.05, 0.1) is 17.1 Å². The summed E-state index contributed by atoms with van der Waals surface area (Å²) in [5, 5.41) is 10.3. The summed E-state index contributed by atoms with van der Waals surface area (Å²) in [6.07, 6.45) is 0. The molecule has 0 bridgehead atoms. The Morgan fingerprint density at radius 3 is 2.76 bits per heavy atom. The zero-order chi connectivity index (χ0) is 14.8. The first-order valence-corrected chi connectivity index (χ1v) is 6.68. The molecule has 0 aliphatic heterocycles. The summed E-state index contributed by atoms with van der Waals surface area (Å²) in [6, 6.07) is 13.4. The number of ether oxygens (including phenoxy) is 1. The first-order chi connectivity index (χ1) is 10.2. The van der Waals surface area contributed by atoms with Crippen LogP contribution in [0.15, 0.2) is 48.5 Å². The second kappa shape index (κ2) is 5.68. The number of fused-ring (bicyclic) bond motifs is 1. The topological polar surface area (TPSA) is 42.4 Å². The monoisotopic (exact) mass is 303 g/mol. The number of rotatable bonds is 3. The third kappa shape index (κ3) is 2.68. The summed E-state index contributed by atoms with van der Waals surface area (Å²) < 4.78 is 19.3. The maximum atomic E-state index is 13.8. The highest BCUT2D eigenvalue weighted by Crippen LogP contribution is 2.30. The molecule has 0 fully saturated rings. The predicted octanol–water partition coefficient (Wildman–Crippen LogP) is 4.31. The molecule has 0 aliphatic rings. The first-order valence-electron chi connectivity index (χ1n) is 6.30. The van der Waals surface area contributed by atoms with Crippen LogP contribution in [0.5, 0.6) is 11.6 Å². The fourth-order valence-corrected chi connectivity index (χ4v) is 2.24. The third-order valence-corrected chi connectivity index (χ3v) is 3.37. The van der Waals surface area contributed by atoms with Crippen LogP contribution in [0, 0.1) is 5.82 Å². The van der Waals surface area contributed by atoms with E-state index in [2.05, 4.69) is 4.98 Å². The largest absolute Gasteiger partial charge is 0.436 e. The number of halogens is 2. The van der Waals surface area contributed by atoms with Crippen molar-refractivity contribution in [2.45, 2.75) is 6.61 Å². The van der Waals surface area contributed by atoms with Gasteiger partial charge in [0, 0.05) is 11.5 Å². The van der Waals surface area contributed by atoms with Crippen molar-refractivity contribution in [1.29, 1.82) is 0 Å². The molecule has 106 valence electrons. The summed E-state index contributed by atoms with van der Waals surface area (Å²) >= 11 is 5.72. The van der Waals surface area contributed by atoms with Gasteiger partial charge >= 0.3 is 0 Å². The van der Waals surface area contributed by atoms with E-state index in [1.54, 1.807) is 18.2 Å². The average molecular weight is 304 g/mol. The molecule has 0 aliphatic carbocycles. The number of nitrogens with zero attached hydrogens (tertiary/aromatic N) is 1. The zero-order valence-corrected chi connectivity index (χ0v) is 11.6. The van der Waals surface area contributed by atoms with Crippen molar-refractivity contribution in [3.63, 3.8) is 0 Å². The highest BCUT2D eigenvalue weighted by molar-refractivity contribution is 6.30. The second-order valence-electron chi connectivity index (χ2n) is 4.45. The van der Waals surface area contributed by atoms with Gasteiger partial charge in [-0.2, -0.15) is 0 Å². The van der Waals surface area contributed by atoms with Crippen molar-refractivity contribution in [3.8, 4) is 11.6 Å². The normalized spacial score (nSPS) is 10.8. The highest BCUT2D eigenvalue weighted by Gasteiger charge is 2.11. The fraction of sp³-hybridized carbons (Fsp3) is 0.0625. The molecule has 0 unspecified atom stereocenters. The maximum Gasteiger partial charge on any atom is 0.220 e. The molecule has 0 saturated heterocycles. The van der Waals surface area contributed by atoms with Gasteiger partial charge in [-0.1, -0.05) is 35.9 Å². The zero-order valence-electron chi connectivity index (χ0n) is 10.9. The Labute approximate surface area is 125 Å². The molecule has 1 heterocycles. The van der Waals surface area contributed by atoms with Crippen LogP contribution in [0.25, 0.3) is 10.9 Å². The Hall–Kier alpha value is -2.17. The molecule has 5 heteroatoms. The molecular formula is C16H11ClFNO2. The molecule has 3 aromatic rings. The first kappa shape index (κ1) is 13.8. The van der Waals surface area contributed by atoms with Crippen LogP contribution in [0.3, 0.4) is 0 Å². The minimum absolute atomic E-state index is 0.00540. The van der Waals surface area contributed by atoms with Crippen LogP contribution in [0.1, 0.15) is 5.56 Å². The number of benzene rings is 2. The molecule has 1 aromatic heterocycles. The summed E-state index contributed by atoms with van der Waals surface area (Å²) in [5.41, 5.74) is 1.33. The molecule has 0 saturated carbocycles. The van der Waals surface area contributed by atoms with Gasteiger partial charge in [0.1, 0.15) is 0 Å². The van der Waals surface area contributed by atoms with Crippen molar-refractivity contribution in [3.05, 3.63) is 64.9 Å². The standard InChI is InChI=1S/C16H11ClFNO2/c17-12-5-3-7-14(16(12)18)21-15-8-10(9-20)11-4-1-2-6-13(11)19-15/h1-8,20H,9H2. The van der Waals surface area contributed by atoms with Crippen molar-refractivity contribution >= 4 is 22.5 Å². The summed E-state index contributed by atoms with van der Waals surface area (Å²) in [6.45, 7) is -0.155. The molecule has 1 N–H and O–H groups in total. The van der Waals surface area contributed by atoms with E-state index in [-0.39, 0.29) is 23.3 Å². The Morgan fingerprint density at radius 2 is 1.95 bits per heavy atom. The van der Waals surface area contributed by atoms with Gasteiger partial charge in [0.2, 0.25) is 5.88 Å². The Morgan fingerprint density at radius 1 is 1.14 bits per heavy atom. The fourth-order valence-electron chi connectivity index (χ4n) is 2.08. The van der Waals surface area contributed by atoms with Crippen LogP contribution in [-0.2, 0) is 6.61 Å². The Kier molecular flexibility index (Phi) is 3.73. The lowest BCUT2D eigenvalue weighted by atomic mass is 10.1. The van der Waals surface area contributed by atoms with Gasteiger partial charge in [-0.15, -0.1) is 0 Å². The van der Waals surface area contributed by atoms with Crippen LogP contribution >= 0.6 is 11.6 Å². The van der Waals surface area contributed by atoms with E-state index in [0.29, 0.717) is 11.1 Å². The number of hydrogen-bond donors (Lipinski definition) is 1. The number of pyridine rings is 1.